The molecule has 2 aliphatic rings. The van der Waals surface area contributed by atoms with E-state index in [-0.39, 0.29) is 29.2 Å². The molecule has 2 aliphatic heterocycles. The van der Waals surface area contributed by atoms with Gasteiger partial charge in [-0.15, -0.1) is 0 Å². The number of aromatic nitrogens is 2. The van der Waals surface area contributed by atoms with Crippen LogP contribution in [0.3, 0.4) is 0 Å². The molecule has 0 saturated carbocycles. The zero-order valence-corrected chi connectivity index (χ0v) is 18.7. The third kappa shape index (κ3) is 4.57. The lowest BCUT2D eigenvalue weighted by molar-refractivity contribution is -0.385. The molecule has 174 valence electrons. The van der Waals surface area contributed by atoms with E-state index in [0.717, 1.165) is 19.5 Å². The summed E-state index contributed by atoms with van der Waals surface area (Å²) >= 11 is 0. The quantitative estimate of drug-likeness (QED) is 0.474. The second-order valence-corrected chi connectivity index (χ2v) is 9.06. The van der Waals surface area contributed by atoms with Gasteiger partial charge in [0, 0.05) is 36.8 Å². The number of nitro benzene ring substituents is 1. The first kappa shape index (κ1) is 22.4. The van der Waals surface area contributed by atoms with E-state index < -0.39 is 28.2 Å². The summed E-state index contributed by atoms with van der Waals surface area (Å²) in [6.07, 6.45) is 0.858. The van der Waals surface area contributed by atoms with E-state index in [2.05, 4.69) is 34.4 Å². The van der Waals surface area contributed by atoms with Crippen molar-refractivity contribution in [3.8, 4) is 0 Å². The third-order valence-electron chi connectivity index (χ3n) is 6.10. The number of nitrogens with zero attached hydrogens (tertiary/aromatic N) is 3. The minimum absolute atomic E-state index is 0.0749. The number of fused-ring (bicyclic) bond motifs is 1. The van der Waals surface area contributed by atoms with E-state index in [0.29, 0.717) is 23.3 Å². The number of carbonyl (C=O) groups is 2. The number of hydrogen-bond acceptors (Lipinski definition) is 7. The van der Waals surface area contributed by atoms with Crippen LogP contribution in [0.1, 0.15) is 43.7 Å². The second kappa shape index (κ2) is 8.64. The summed E-state index contributed by atoms with van der Waals surface area (Å²) in [4.78, 5) is 58.3. The fourth-order valence-corrected chi connectivity index (χ4v) is 4.68. The largest absolute Gasteiger partial charge is 0.342 e. The summed E-state index contributed by atoms with van der Waals surface area (Å²) in [7, 11) is 0. The first-order valence-electron chi connectivity index (χ1n) is 10.9. The standard InChI is InChI=1S/C22H26N6O5/c1-11-6-12(2)10-27(9-11)22-25-19-18(21(31)26-22)15(8-17(29)24-19)20(30)23-14-5-4-13(3)16(7-14)28(32)33/h4-5,7,11-12,15H,6,8-10H2,1-3H3,(H,23,30)(H2,24,25,26,29,31)/t11-,12+,15-/m1/s1. The summed E-state index contributed by atoms with van der Waals surface area (Å²) in [5, 5.41) is 16.4. The van der Waals surface area contributed by atoms with Gasteiger partial charge in [-0.2, -0.15) is 4.98 Å². The highest BCUT2D eigenvalue weighted by atomic mass is 16.6. The van der Waals surface area contributed by atoms with Crippen LogP contribution >= 0.6 is 0 Å². The van der Waals surface area contributed by atoms with Crippen LogP contribution < -0.4 is 21.1 Å². The molecule has 1 aromatic heterocycles. The van der Waals surface area contributed by atoms with Gasteiger partial charge in [0.25, 0.3) is 11.2 Å². The van der Waals surface area contributed by atoms with Gasteiger partial charge in [-0.25, -0.2) is 0 Å². The number of nitro groups is 1. The normalized spacial score (nSPS) is 22.3. The van der Waals surface area contributed by atoms with Crippen LogP contribution in [0.4, 0.5) is 23.1 Å². The van der Waals surface area contributed by atoms with Crippen molar-refractivity contribution in [3.05, 3.63) is 49.8 Å². The number of amides is 2. The van der Waals surface area contributed by atoms with Gasteiger partial charge in [0.2, 0.25) is 17.8 Å². The SMILES string of the molecule is Cc1ccc(NC(=O)[C@@H]2CC(=O)Nc3nc(N4C[C@H](C)C[C@H](C)C4)[nH]c(=O)c32)cc1[N+](=O)[O-]. The molecule has 1 saturated heterocycles. The maximum Gasteiger partial charge on any atom is 0.274 e. The summed E-state index contributed by atoms with van der Waals surface area (Å²) in [6.45, 7) is 7.33. The van der Waals surface area contributed by atoms with Gasteiger partial charge < -0.3 is 15.5 Å². The van der Waals surface area contributed by atoms with Crippen molar-refractivity contribution in [2.75, 3.05) is 28.6 Å². The Bertz CT molecular complexity index is 1180. The number of aromatic amines is 1. The molecular weight excluding hydrogens is 428 g/mol. The zero-order valence-electron chi connectivity index (χ0n) is 18.7. The first-order valence-corrected chi connectivity index (χ1v) is 10.9. The van der Waals surface area contributed by atoms with E-state index in [1.54, 1.807) is 6.92 Å². The van der Waals surface area contributed by atoms with Crippen molar-refractivity contribution in [2.24, 2.45) is 11.8 Å². The number of rotatable bonds is 4. The Kier molecular flexibility index (Phi) is 5.88. The monoisotopic (exact) mass is 454 g/mol. The fraction of sp³-hybridized carbons (Fsp3) is 0.455. The lowest BCUT2D eigenvalue weighted by atomic mass is 9.91. The van der Waals surface area contributed by atoms with Crippen LogP contribution in [-0.4, -0.2) is 39.8 Å². The Morgan fingerprint density at radius 1 is 1.24 bits per heavy atom. The Morgan fingerprint density at radius 3 is 2.61 bits per heavy atom. The van der Waals surface area contributed by atoms with E-state index in [1.165, 1.54) is 18.2 Å². The van der Waals surface area contributed by atoms with Gasteiger partial charge in [-0.05, 0) is 31.2 Å². The van der Waals surface area contributed by atoms with Gasteiger partial charge in [-0.1, -0.05) is 19.9 Å². The summed E-state index contributed by atoms with van der Waals surface area (Å²) in [5.74, 6) is -0.799. The molecule has 1 fully saturated rings. The van der Waals surface area contributed by atoms with Crippen LogP contribution in [0.2, 0.25) is 0 Å². The predicted octanol–water partition coefficient (Wildman–Crippen LogP) is 2.53. The Labute approximate surface area is 189 Å². The van der Waals surface area contributed by atoms with Crippen LogP contribution in [-0.2, 0) is 9.59 Å². The van der Waals surface area contributed by atoms with Crippen LogP contribution in [0, 0.1) is 28.9 Å². The van der Waals surface area contributed by atoms with Gasteiger partial charge in [-0.3, -0.25) is 29.5 Å². The van der Waals surface area contributed by atoms with Crippen molar-refractivity contribution in [1.82, 2.24) is 9.97 Å². The molecule has 2 aromatic rings. The smallest absolute Gasteiger partial charge is 0.274 e. The zero-order chi connectivity index (χ0) is 23.9. The molecule has 0 spiro atoms. The Hall–Kier alpha value is -3.76. The molecule has 11 heteroatoms. The van der Waals surface area contributed by atoms with Crippen molar-refractivity contribution in [3.63, 3.8) is 0 Å². The van der Waals surface area contributed by atoms with Crippen molar-refractivity contribution in [1.29, 1.82) is 0 Å². The summed E-state index contributed by atoms with van der Waals surface area (Å²) < 4.78 is 0. The summed E-state index contributed by atoms with van der Waals surface area (Å²) in [6, 6.07) is 4.31. The predicted molar refractivity (Wildman–Crippen MR) is 122 cm³/mol. The minimum Gasteiger partial charge on any atom is -0.342 e. The molecule has 33 heavy (non-hydrogen) atoms. The van der Waals surface area contributed by atoms with Crippen LogP contribution in [0.15, 0.2) is 23.0 Å². The number of benzene rings is 1. The molecule has 4 rings (SSSR count). The number of piperidine rings is 1. The average Bonchev–Trinajstić information content (AvgIpc) is 2.73. The molecule has 0 aliphatic carbocycles. The highest BCUT2D eigenvalue weighted by Crippen LogP contribution is 2.32. The van der Waals surface area contributed by atoms with Crippen molar-refractivity contribution >= 4 is 35.0 Å². The number of anilines is 3. The topological polar surface area (TPSA) is 150 Å². The lowest BCUT2D eigenvalue weighted by Gasteiger charge is -2.35. The highest BCUT2D eigenvalue weighted by Gasteiger charge is 2.36. The first-order chi connectivity index (χ1) is 15.6. The van der Waals surface area contributed by atoms with E-state index >= 15 is 0 Å². The number of nitrogens with one attached hydrogen (secondary N) is 3. The van der Waals surface area contributed by atoms with Crippen molar-refractivity contribution < 1.29 is 14.5 Å². The molecule has 0 unspecified atom stereocenters. The number of hydrogen-bond donors (Lipinski definition) is 3. The molecule has 2 amide bonds. The molecule has 1 aromatic carbocycles. The van der Waals surface area contributed by atoms with E-state index in [4.69, 9.17) is 0 Å². The van der Waals surface area contributed by atoms with Crippen LogP contribution in [0.25, 0.3) is 0 Å². The summed E-state index contributed by atoms with van der Waals surface area (Å²) in [5.41, 5.74) is 0.118. The lowest BCUT2D eigenvalue weighted by Crippen LogP contribution is -2.42. The van der Waals surface area contributed by atoms with Gasteiger partial charge in [0.05, 0.1) is 16.4 Å². The van der Waals surface area contributed by atoms with Crippen LogP contribution in [0.5, 0.6) is 0 Å². The number of H-pyrrole nitrogens is 1. The highest BCUT2D eigenvalue weighted by molar-refractivity contribution is 6.04. The fourth-order valence-electron chi connectivity index (χ4n) is 4.68. The maximum atomic E-state index is 13.0. The van der Waals surface area contributed by atoms with Gasteiger partial charge in [0.15, 0.2) is 0 Å². The number of aryl methyl sites for hydroxylation is 1. The molecule has 0 bridgehead atoms. The molecular formula is C22H26N6O5. The average molecular weight is 454 g/mol. The third-order valence-corrected chi connectivity index (χ3v) is 6.10. The Balaban J connectivity index is 1.64. The molecule has 3 N–H and O–H groups in total. The van der Waals surface area contributed by atoms with Crippen molar-refractivity contribution in [2.45, 2.75) is 39.5 Å². The van der Waals surface area contributed by atoms with Gasteiger partial charge in [0.1, 0.15) is 5.82 Å². The van der Waals surface area contributed by atoms with Gasteiger partial charge >= 0.3 is 0 Å². The maximum absolute atomic E-state index is 13.0. The second-order valence-electron chi connectivity index (χ2n) is 9.06. The van der Waals surface area contributed by atoms with E-state index in [1.807, 2.05) is 4.90 Å². The molecule has 3 heterocycles. The Morgan fingerprint density at radius 2 is 1.94 bits per heavy atom. The molecule has 0 radical (unpaired) electrons. The molecule has 3 atom stereocenters. The van der Waals surface area contributed by atoms with E-state index in [9.17, 15) is 24.5 Å². The molecule has 11 nitrogen and oxygen atoms in total. The minimum atomic E-state index is -1.07. The number of carbonyl (C=O) groups excluding carboxylic acids is 2.